The van der Waals surface area contributed by atoms with Gasteiger partial charge in [0, 0.05) is 28.7 Å². The molecule has 124 valence electrons. The van der Waals surface area contributed by atoms with Crippen molar-refractivity contribution in [2.45, 2.75) is 25.4 Å². The van der Waals surface area contributed by atoms with Crippen molar-refractivity contribution in [1.82, 2.24) is 0 Å². The van der Waals surface area contributed by atoms with Crippen molar-refractivity contribution in [3.8, 4) is 11.5 Å². The van der Waals surface area contributed by atoms with Gasteiger partial charge in [-0.3, -0.25) is 9.59 Å². The van der Waals surface area contributed by atoms with E-state index in [0.29, 0.717) is 24.0 Å². The molecule has 0 fully saturated rings. The fraction of sp³-hybridized carbons (Fsp3) is 0.222. The summed E-state index contributed by atoms with van der Waals surface area (Å²) in [4.78, 5) is 25.4. The first-order valence-electron chi connectivity index (χ1n) is 7.46. The number of ketones is 2. The first-order valence-corrected chi connectivity index (χ1v) is 7.46. The summed E-state index contributed by atoms with van der Waals surface area (Å²) < 4.78 is 0. The minimum absolute atomic E-state index is 0. The van der Waals surface area contributed by atoms with Crippen molar-refractivity contribution in [3.63, 3.8) is 0 Å². The number of aliphatic hydroxyl groups is 1. The van der Waals surface area contributed by atoms with Gasteiger partial charge in [-0.2, -0.15) is 0 Å². The maximum absolute atomic E-state index is 12.7. The van der Waals surface area contributed by atoms with Gasteiger partial charge in [-0.05, 0) is 12.8 Å². The lowest BCUT2D eigenvalue weighted by atomic mass is 9.77. The molecule has 1 unspecified atom stereocenters. The molecule has 5 nitrogen and oxygen atoms in total. The molecule has 0 saturated carbocycles. The number of hydrogen-bond donors (Lipinski definition) is 3. The third kappa shape index (κ3) is 2.05. The Morgan fingerprint density at radius 1 is 0.875 bits per heavy atom. The van der Waals surface area contributed by atoms with Crippen molar-refractivity contribution < 1.29 is 24.9 Å². The van der Waals surface area contributed by atoms with Crippen LogP contribution < -0.4 is 0 Å². The Hall–Kier alpha value is -2.37. The SMILES string of the molecule is Cl.O=C1c2ccccc2C(=O)c2c(O)c3c(c(O)c21)CCC(O)C3. The minimum atomic E-state index is -0.632. The number of halogens is 1. The molecule has 0 aliphatic heterocycles. The summed E-state index contributed by atoms with van der Waals surface area (Å²) in [6.07, 6.45) is 0.321. The quantitative estimate of drug-likeness (QED) is 0.542. The second kappa shape index (κ2) is 5.61. The van der Waals surface area contributed by atoms with Gasteiger partial charge in [0.25, 0.3) is 0 Å². The zero-order chi connectivity index (χ0) is 16.3. The molecule has 0 heterocycles. The Morgan fingerprint density at radius 2 is 1.38 bits per heavy atom. The lowest BCUT2D eigenvalue weighted by Gasteiger charge is -2.27. The molecule has 2 aromatic carbocycles. The number of carbonyl (C=O) groups excluding carboxylic acids is 2. The van der Waals surface area contributed by atoms with Crippen molar-refractivity contribution in [2.24, 2.45) is 0 Å². The predicted octanol–water partition coefficient (Wildman–Crippen LogP) is 2.14. The molecule has 0 bridgehead atoms. The first kappa shape index (κ1) is 16.5. The molecule has 1 atom stereocenters. The number of carbonyl (C=O) groups is 2. The van der Waals surface area contributed by atoms with Crippen LogP contribution in [-0.2, 0) is 12.8 Å². The van der Waals surface area contributed by atoms with Gasteiger partial charge in [0.1, 0.15) is 11.5 Å². The van der Waals surface area contributed by atoms with Gasteiger partial charge in [0.05, 0.1) is 17.2 Å². The molecule has 4 rings (SSSR count). The van der Waals surface area contributed by atoms with Crippen LogP contribution in [0.5, 0.6) is 11.5 Å². The third-order valence-electron chi connectivity index (χ3n) is 4.70. The number of phenolic OH excluding ortho intramolecular Hbond substituents is 2. The molecule has 3 N–H and O–H groups in total. The number of aromatic hydroxyl groups is 2. The molecule has 2 aliphatic rings. The predicted molar refractivity (Wildman–Crippen MR) is 88.4 cm³/mol. The fourth-order valence-corrected chi connectivity index (χ4v) is 3.55. The standard InChI is InChI=1S/C18H14O5.ClH/c19-8-5-6-11-12(7-8)18(23)14-13(17(11)22)15(20)9-3-1-2-4-10(9)16(14)21;/h1-4,8,19,22-23H,5-7H2;1H. The van der Waals surface area contributed by atoms with Crippen LogP contribution in [0.2, 0.25) is 0 Å². The molecule has 0 amide bonds. The molecule has 2 aliphatic carbocycles. The summed E-state index contributed by atoms with van der Waals surface area (Å²) in [5.41, 5.74) is 0.986. The number of rotatable bonds is 0. The van der Waals surface area contributed by atoms with Gasteiger partial charge < -0.3 is 15.3 Å². The Bertz CT molecular complexity index is 887. The molecule has 0 aromatic heterocycles. The minimum Gasteiger partial charge on any atom is -0.507 e. The number of hydrogen-bond acceptors (Lipinski definition) is 5. The number of fused-ring (bicyclic) bond motifs is 3. The van der Waals surface area contributed by atoms with Gasteiger partial charge >= 0.3 is 0 Å². The summed E-state index contributed by atoms with van der Waals surface area (Å²) in [6, 6.07) is 6.37. The maximum Gasteiger partial charge on any atom is 0.198 e. The van der Waals surface area contributed by atoms with Crippen molar-refractivity contribution in [2.75, 3.05) is 0 Å². The number of aliphatic hydroxyl groups excluding tert-OH is 1. The molecule has 0 radical (unpaired) electrons. The number of phenols is 2. The molecular formula is C18H15ClO5. The third-order valence-corrected chi connectivity index (χ3v) is 4.70. The van der Waals surface area contributed by atoms with Crippen LogP contribution in [0.4, 0.5) is 0 Å². The zero-order valence-electron chi connectivity index (χ0n) is 12.6. The fourth-order valence-electron chi connectivity index (χ4n) is 3.55. The van der Waals surface area contributed by atoms with Crippen LogP contribution in [0.15, 0.2) is 24.3 Å². The summed E-state index contributed by atoms with van der Waals surface area (Å²) in [5.74, 6) is -1.48. The highest BCUT2D eigenvalue weighted by Crippen LogP contribution is 2.45. The molecular weight excluding hydrogens is 332 g/mol. The molecule has 24 heavy (non-hydrogen) atoms. The summed E-state index contributed by atoms with van der Waals surface area (Å²) in [7, 11) is 0. The highest BCUT2D eigenvalue weighted by Gasteiger charge is 2.38. The van der Waals surface area contributed by atoms with E-state index >= 15 is 0 Å². The van der Waals surface area contributed by atoms with Gasteiger partial charge in [-0.25, -0.2) is 0 Å². The molecule has 0 spiro atoms. The zero-order valence-corrected chi connectivity index (χ0v) is 13.4. The van der Waals surface area contributed by atoms with E-state index in [9.17, 15) is 24.9 Å². The van der Waals surface area contributed by atoms with E-state index in [2.05, 4.69) is 0 Å². The Labute approximate surface area is 144 Å². The van der Waals surface area contributed by atoms with Crippen LogP contribution >= 0.6 is 12.4 Å². The van der Waals surface area contributed by atoms with Gasteiger partial charge in [-0.1, -0.05) is 24.3 Å². The Balaban J connectivity index is 0.00000169. The topological polar surface area (TPSA) is 94.8 Å². The van der Waals surface area contributed by atoms with Gasteiger partial charge in [0.2, 0.25) is 0 Å². The van der Waals surface area contributed by atoms with Crippen LogP contribution in [0.3, 0.4) is 0 Å². The van der Waals surface area contributed by atoms with E-state index < -0.39 is 17.7 Å². The summed E-state index contributed by atoms with van der Waals surface area (Å²) in [5, 5.41) is 30.9. The first-order chi connectivity index (χ1) is 11.0. The molecule has 0 saturated heterocycles. The number of benzene rings is 2. The highest BCUT2D eigenvalue weighted by molar-refractivity contribution is 6.30. The van der Waals surface area contributed by atoms with Gasteiger partial charge in [-0.15, -0.1) is 12.4 Å². The average molecular weight is 347 g/mol. The Kier molecular flexibility index (Phi) is 3.86. The second-order valence-corrected chi connectivity index (χ2v) is 6.00. The van der Waals surface area contributed by atoms with Crippen LogP contribution in [0.25, 0.3) is 0 Å². The van der Waals surface area contributed by atoms with Gasteiger partial charge in [0.15, 0.2) is 11.6 Å². The van der Waals surface area contributed by atoms with E-state index in [0.717, 1.165) is 0 Å². The van der Waals surface area contributed by atoms with E-state index in [4.69, 9.17) is 0 Å². The van der Waals surface area contributed by atoms with E-state index in [1.54, 1.807) is 12.1 Å². The Morgan fingerprint density at radius 3 is 1.92 bits per heavy atom. The monoisotopic (exact) mass is 346 g/mol. The van der Waals surface area contributed by atoms with Crippen LogP contribution in [0, 0.1) is 0 Å². The van der Waals surface area contributed by atoms with E-state index in [1.165, 1.54) is 12.1 Å². The van der Waals surface area contributed by atoms with Crippen molar-refractivity contribution in [1.29, 1.82) is 0 Å². The van der Waals surface area contributed by atoms with E-state index in [-0.39, 0.29) is 52.6 Å². The maximum atomic E-state index is 12.7. The molecule has 6 heteroatoms. The van der Waals surface area contributed by atoms with E-state index in [1.807, 2.05) is 0 Å². The van der Waals surface area contributed by atoms with Crippen LogP contribution in [-0.4, -0.2) is 33.0 Å². The lowest BCUT2D eigenvalue weighted by molar-refractivity contribution is 0.0972. The second-order valence-electron chi connectivity index (χ2n) is 6.00. The van der Waals surface area contributed by atoms with Crippen molar-refractivity contribution in [3.05, 3.63) is 57.6 Å². The van der Waals surface area contributed by atoms with Crippen LogP contribution in [0.1, 0.15) is 49.4 Å². The smallest absolute Gasteiger partial charge is 0.198 e. The average Bonchev–Trinajstić information content (AvgIpc) is 2.56. The molecule has 2 aromatic rings. The summed E-state index contributed by atoms with van der Waals surface area (Å²) in [6.45, 7) is 0. The lowest BCUT2D eigenvalue weighted by Crippen LogP contribution is -2.25. The van der Waals surface area contributed by atoms with Crippen molar-refractivity contribution >= 4 is 24.0 Å². The summed E-state index contributed by atoms with van der Waals surface area (Å²) >= 11 is 0. The normalized spacial score (nSPS) is 18.3. The largest absolute Gasteiger partial charge is 0.507 e. The highest BCUT2D eigenvalue weighted by atomic mass is 35.5.